The van der Waals surface area contributed by atoms with Crippen LogP contribution in [0.3, 0.4) is 0 Å². The molecule has 0 amide bonds. The van der Waals surface area contributed by atoms with Crippen LogP contribution in [-0.4, -0.2) is 72.3 Å². The fourth-order valence-electron chi connectivity index (χ4n) is 3.29. The highest BCUT2D eigenvalue weighted by Gasteiger charge is 2.26. The summed E-state index contributed by atoms with van der Waals surface area (Å²) in [6.45, 7) is 4.59. The van der Waals surface area contributed by atoms with E-state index in [1.165, 1.54) is 34.6 Å². The molecule has 1 aliphatic heterocycles. The lowest BCUT2D eigenvalue weighted by Crippen LogP contribution is -2.49. The second kappa shape index (κ2) is 12.0. The Hall–Kier alpha value is -2.83. The second-order valence-electron chi connectivity index (χ2n) is 7.53. The zero-order valence-corrected chi connectivity index (χ0v) is 19.4. The standard InChI is InChI=1S/C22H25F4N5O2S/c1-27-28-22(33-15-21(25)26)16-6-7-17(20(24)12-16)14-31(19-5-3-4-18(23)13-19)34(32)30-10-8-29(2)9-11-30/h3-7,12-13,21H,1,8-11,14-15H2,2H3/b28-22-. The highest BCUT2D eigenvalue weighted by molar-refractivity contribution is 7.84. The molecule has 0 aliphatic carbocycles. The zero-order chi connectivity index (χ0) is 24.7. The highest BCUT2D eigenvalue weighted by atomic mass is 32.2. The smallest absolute Gasteiger partial charge is 0.272 e. The Bertz CT molecular complexity index is 1050. The van der Waals surface area contributed by atoms with Gasteiger partial charge in [-0.3, -0.25) is 4.31 Å². The van der Waals surface area contributed by atoms with Crippen molar-refractivity contribution in [2.75, 3.05) is 44.1 Å². The van der Waals surface area contributed by atoms with E-state index in [2.05, 4.69) is 21.8 Å². The van der Waals surface area contributed by atoms with Crippen LogP contribution in [0.25, 0.3) is 0 Å². The lowest BCUT2D eigenvalue weighted by molar-refractivity contribution is 0.0765. The predicted molar refractivity (Wildman–Crippen MR) is 124 cm³/mol. The van der Waals surface area contributed by atoms with E-state index in [1.54, 1.807) is 10.4 Å². The molecule has 7 nitrogen and oxygen atoms in total. The van der Waals surface area contributed by atoms with Gasteiger partial charge in [-0.1, -0.05) is 12.1 Å². The minimum Gasteiger partial charge on any atom is -0.470 e. The first kappa shape index (κ1) is 25.8. The lowest BCUT2D eigenvalue weighted by atomic mass is 10.1. The van der Waals surface area contributed by atoms with Crippen LogP contribution in [0.5, 0.6) is 0 Å². The summed E-state index contributed by atoms with van der Waals surface area (Å²) in [7, 11) is 1.96. The summed E-state index contributed by atoms with van der Waals surface area (Å²) in [6, 6.07) is 9.49. The van der Waals surface area contributed by atoms with Crippen molar-refractivity contribution in [3.8, 4) is 0 Å². The third-order valence-electron chi connectivity index (χ3n) is 5.09. The molecule has 34 heavy (non-hydrogen) atoms. The topological polar surface area (TPSA) is 60.7 Å². The Morgan fingerprint density at radius 3 is 2.53 bits per heavy atom. The molecule has 2 aromatic rings. The number of hydrogen-bond acceptors (Lipinski definition) is 5. The Labute approximate surface area is 198 Å². The lowest BCUT2D eigenvalue weighted by Gasteiger charge is -2.35. The minimum atomic E-state index is -2.75. The van der Waals surface area contributed by atoms with E-state index in [4.69, 9.17) is 4.74 Å². The van der Waals surface area contributed by atoms with Crippen LogP contribution in [0.4, 0.5) is 23.2 Å². The van der Waals surface area contributed by atoms with Crippen LogP contribution in [0.15, 0.2) is 52.7 Å². The number of alkyl halides is 2. The van der Waals surface area contributed by atoms with E-state index in [1.807, 2.05) is 7.05 Å². The molecular formula is C22H25F4N5O2S. The number of halogens is 4. The highest BCUT2D eigenvalue weighted by Crippen LogP contribution is 2.24. The monoisotopic (exact) mass is 499 g/mol. The van der Waals surface area contributed by atoms with Crippen LogP contribution >= 0.6 is 0 Å². The number of anilines is 1. The average molecular weight is 500 g/mol. The van der Waals surface area contributed by atoms with E-state index in [-0.39, 0.29) is 23.6 Å². The summed E-state index contributed by atoms with van der Waals surface area (Å²) in [5.74, 6) is -1.52. The van der Waals surface area contributed by atoms with Crippen LogP contribution < -0.4 is 4.31 Å². The molecule has 0 bridgehead atoms. The van der Waals surface area contributed by atoms with Gasteiger partial charge in [0.15, 0.2) is 17.8 Å². The van der Waals surface area contributed by atoms with Gasteiger partial charge in [0.05, 0.1) is 12.2 Å². The molecule has 1 unspecified atom stereocenters. The van der Waals surface area contributed by atoms with E-state index in [0.29, 0.717) is 31.9 Å². The molecule has 0 spiro atoms. The maximum atomic E-state index is 15.0. The van der Waals surface area contributed by atoms with E-state index < -0.39 is 35.8 Å². The summed E-state index contributed by atoms with van der Waals surface area (Å²) in [5, 5.41) is 6.82. The van der Waals surface area contributed by atoms with Crippen molar-refractivity contribution >= 4 is 29.5 Å². The summed E-state index contributed by atoms with van der Waals surface area (Å²) >= 11 is -1.70. The minimum absolute atomic E-state index is 0.0896. The Kier molecular flexibility index (Phi) is 9.13. The van der Waals surface area contributed by atoms with Gasteiger partial charge in [0.25, 0.3) is 6.43 Å². The van der Waals surface area contributed by atoms with Crippen molar-refractivity contribution in [2.24, 2.45) is 10.2 Å². The van der Waals surface area contributed by atoms with Crippen LogP contribution in [0, 0.1) is 11.6 Å². The van der Waals surface area contributed by atoms with Gasteiger partial charge in [-0.15, -0.1) is 5.10 Å². The van der Waals surface area contributed by atoms with Crippen molar-refractivity contribution in [1.82, 2.24) is 9.21 Å². The van der Waals surface area contributed by atoms with Gasteiger partial charge >= 0.3 is 0 Å². The number of piperazine rings is 1. The summed E-state index contributed by atoms with van der Waals surface area (Å²) in [6.07, 6.45) is -2.75. The molecule has 0 radical (unpaired) electrons. The number of benzene rings is 2. The summed E-state index contributed by atoms with van der Waals surface area (Å²) in [5.41, 5.74) is 0.584. The number of nitrogens with zero attached hydrogens (tertiary/aromatic N) is 5. The molecule has 2 aromatic carbocycles. The molecule has 0 N–H and O–H groups in total. The quantitative estimate of drug-likeness (QED) is 0.230. The average Bonchev–Trinajstić information content (AvgIpc) is 2.81. The largest absolute Gasteiger partial charge is 0.470 e. The van der Waals surface area contributed by atoms with Gasteiger partial charge < -0.3 is 9.64 Å². The molecule has 0 saturated carbocycles. The number of rotatable bonds is 9. The van der Waals surface area contributed by atoms with Crippen molar-refractivity contribution in [3.05, 3.63) is 65.2 Å². The van der Waals surface area contributed by atoms with Crippen molar-refractivity contribution in [3.63, 3.8) is 0 Å². The summed E-state index contributed by atoms with van der Waals surface area (Å²) < 4.78 is 75.5. The molecule has 1 fully saturated rings. The van der Waals surface area contributed by atoms with E-state index in [9.17, 15) is 17.4 Å². The van der Waals surface area contributed by atoms with Gasteiger partial charge in [0.1, 0.15) is 11.6 Å². The van der Waals surface area contributed by atoms with Crippen molar-refractivity contribution < 1.29 is 26.5 Å². The first-order valence-electron chi connectivity index (χ1n) is 10.4. The number of hydrogen-bond donors (Lipinski definition) is 0. The van der Waals surface area contributed by atoms with Crippen molar-refractivity contribution in [2.45, 2.75) is 13.0 Å². The second-order valence-corrected chi connectivity index (χ2v) is 8.95. The van der Waals surface area contributed by atoms with E-state index >= 15 is 4.39 Å². The Morgan fingerprint density at radius 1 is 1.18 bits per heavy atom. The van der Waals surface area contributed by atoms with Gasteiger partial charge in [-0.05, 0) is 37.4 Å². The summed E-state index contributed by atoms with van der Waals surface area (Å²) in [4.78, 5) is 2.10. The molecule has 1 saturated heterocycles. The predicted octanol–water partition coefficient (Wildman–Crippen LogP) is 3.44. The fourth-order valence-corrected chi connectivity index (χ4v) is 4.59. The SMILES string of the molecule is C=N/N=C(\OCC(F)F)c1ccc(CN(c2cccc(F)c2)S(=O)N2CCN(C)CC2)c(F)c1. The normalized spacial score (nSPS) is 16.5. The van der Waals surface area contributed by atoms with Crippen LogP contribution in [0.1, 0.15) is 11.1 Å². The first-order chi connectivity index (χ1) is 16.3. The van der Waals surface area contributed by atoms with Gasteiger partial charge in [0, 0.05) is 44.0 Å². The Balaban J connectivity index is 1.87. The molecule has 12 heteroatoms. The third-order valence-corrected chi connectivity index (χ3v) is 6.61. The molecule has 1 aliphatic rings. The molecule has 1 atom stereocenters. The van der Waals surface area contributed by atoms with E-state index in [0.717, 1.165) is 6.07 Å². The van der Waals surface area contributed by atoms with Crippen molar-refractivity contribution in [1.29, 1.82) is 0 Å². The molecule has 1 heterocycles. The fraction of sp³-hybridized carbons (Fsp3) is 0.364. The van der Waals surface area contributed by atoms with Crippen LogP contribution in [0.2, 0.25) is 0 Å². The molecule has 3 rings (SSSR count). The van der Waals surface area contributed by atoms with Crippen LogP contribution in [-0.2, 0) is 22.5 Å². The van der Waals surface area contributed by atoms with Gasteiger partial charge in [-0.25, -0.2) is 26.1 Å². The van der Waals surface area contributed by atoms with Gasteiger partial charge in [0.2, 0.25) is 5.90 Å². The third kappa shape index (κ3) is 6.84. The zero-order valence-electron chi connectivity index (χ0n) is 18.5. The molecule has 0 aromatic heterocycles. The molecular weight excluding hydrogens is 474 g/mol. The number of ether oxygens (including phenoxy) is 1. The number of likely N-dealkylation sites (N-methyl/N-ethyl adjacent to an activating group) is 1. The Morgan fingerprint density at radius 2 is 1.91 bits per heavy atom. The maximum absolute atomic E-state index is 15.0. The van der Waals surface area contributed by atoms with Gasteiger partial charge in [-0.2, -0.15) is 5.10 Å². The molecule has 184 valence electrons. The maximum Gasteiger partial charge on any atom is 0.272 e. The first-order valence-corrected chi connectivity index (χ1v) is 11.5.